The summed E-state index contributed by atoms with van der Waals surface area (Å²) in [4.78, 5) is 8.56. The number of aryl methyl sites for hydroxylation is 1. The van der Waals surface area contributed by atoms with E-state index in [2.05, 4.69) is 15.1 Å². The third kappa shape index (κ3) is 2.00. The third-order valence-corrected chi connectivity index (χ3v) is 2.68. The number of nitrogens with zero attached hydrogens (tertiary/aromatic N) is 4. The second-order valence-electron chi connectivity index (χ2n) is 4.05. The van der Waals surface area contributed by atoms with Crippen LogP contribution in [0, 0.1) is 6.92 Å². The van der Waals surface area contributed by atoms with Crippen LogP contribution in [0.25, 0.3) is 16.9 Å². The Bertz CT molecular complexity index is 658. The zero-order valence-corrected chi connectivity index (χ0v) is 9.99. The molecule has 4 nitrogen and oxygen atoms in total. The standard InChI is InChI=1S/C14H12N4/c1-11-4-2-6-14(17-11)12-8-16-18(10-12)13-5-3-7-15-9-13/h2-10H,1H3. The highest BCUT2D eigenvalue weighted by molar-refractivity contribution is 5.57. The molecule has 0 unspecified atom stereocenters. The van der Waals surface area contributed by atoms with Crippen molar-refractivity contribution < 1.29 is 0 Å². The summed E-state index contributed by atoms with van der Waals surface area (Å²) < 4.78 is 1.80. The molecule has 0 aliphatic carbocycles. The maximum Gasteiger partial charge on any atom is 0.0828 e. The fourth-order valence-corrected chi connectivity index (χ4v) is 1.79. The molecule has 3 aromatic heterocycles. The van der Waals surface area contributed by atoms with Crippen LogP contribution in [0.15, 0.2) is 55.1 Å². The van der Waals surface area contributed by atoms with Crippen molar-refractivity contribution in [2.75, 3.05) is 0 Å². The molecule has 0 atom stereocenters. The van der Waals surface area contributed by atoms with E-state index in [0.717, 1.165) is 22.6 Å². The van der Waals surface area contributed by atoms with Gasteiger partial charge in [0.1, 0.15) is 0 Å². The highest BCUT2D eigenvalue weighted by Gasteiger charge is 2.04. The van der Waals surface area contributed by atoms with Crippen molar-refractivity contribution in [2.24, 2.45) is 0 Å². The second-order valence-corrected chi connectivity index (χ2v) is 4.05. The zero-order valence-electron chi connectivity index (χ0n) is 9.99. The van der Waals surface area contributed by atoms with Gasteiger partial charge in [0.25, 0.3) is 0 Å². The van der Waals surface area contributed by atoms with E-state index >= 15 is 0 Å². The summed E-state index contributed by atoms with van der Waals surface area (Å²) in [6.45, 7) is 1.98. The first kappa shape index (κ1) is 10.7. The van der Waals surface area contributed by atoms with Gasteiger partial charge in [0.05, 0.1) is 23.8 Å². The minimum absolute atomic E-state index is 0.935. The van der Waals surface area contributed by atoms with Crippen LogP contribution in [0.2, 0.25) is 0 Å². The van der Waals surface area contributed by atoms with Crippen LogP contribution in [0.4, 0.5) is 0 Å². The quantitative estimate of drug-likeness (QED) is 0.687. The van der Waals surface area contributed by atoms with Crippen LogP contribution in [-0.2, 0) is 0 Å². The largest absolute Gasteiger partial charge is 0.262 e. The molecule has 0 amide bonds. The summed E-state index contributed by atoms with van der Waals surface area (Å²) in [6, 6.07) is 9.82. The molecule has 88 valence electrons. The van der Waals surface area contributed by atoms with Crippen LogP contribution < -0.4 is 0 Å². The second kappa shape index (κ2) is 4.41. The van der Waals surface area contributed by atoms with Crippen LogP contribution in [0.3, 0.4) is 0 Å². The van der Waals surface area contributed by atoms with Gasteiger partial charge in [0.15, 0.2) is 0 Å². The molecule has 0 saturated heterocycles. The topological polar surface area (TPSA) is 43.6 Å². The molecule has 0 N–H and O–H groups in total. The van der Waals surface area contributed by atoms with E-state index in [4.69, 9.17) is 0 Å². The normalized spacial score (nSPS) is 10.5. The SMILES string of the molecule is Cc1cccc(-c2cnn(-c3cccnc3)c2)n1. The fraction of sp³-hybridized carbons (Fsp3) is 0.0714. The van der Waals surface area contributed by atoms with Crippen molar-refractivity contribution in [3.63, 3.8) is 0 Å². The van der Waals surface area contributed by atoms with Gasteiger partial charge in [-0.05, 0) is 31.2 Å². The lowest BCUT2D eigenvalue weighted by Crippen LogP contribution is -1.93. The lowest BCUT2D eigenvalue weighted by Gasteiger charge is -1.99. The van der Waals surface area contributed by atoms with Crippen molar-refractivity contribution in [3.05, 3.63) is 60.8 Å². The Labute approximate surface area is 105 Å². The number of hydrogen-bond acceptors (Lipinski definition) is 3. The summed E-state index contributed by atoms with van der Waals surface area (Å²) in [5, 5.41) is 4.33. The van der Waals surface area contributed by atoms with Crippen LogP contribution >= 0.6 is 0 Å². The fourth-order valence-electron chi connectivity index (χ4n) is 1.79. The molecule has 0 saturated carbocycles. The van der Waals surface area contributed by atoms with Crippen LogP contribution in [0.5, 0.6) is 0 Å². The van der Waals surface area contributed by atoms with Gasteiger partial charge in [-0.3, -0.25) is 9.97 Å². The molecule has 4 heteroatoms. The van der Waals surface area contributed by atoms with Gasteiger partial charge < -0.3 is 0 Å². The summed E-state index contributed by atoms with van der Waals surface area (Å²) >= 11 is 0. The van der Waals surface area contributed by atoms with E-state index in [-0.39, 0.29) is 0 Å². The smallest absolute Gasteiger partial charge is 0.0828 e. The monoisotopic (exact) mass is 236 g/mol. The molecule has 0 aliphatic heterocycles. The van der Waals surface area contributed by atoms with Gasteiger partial charge in [-0.2, -0.15) is 5.10 Å². The Morgan fingerprint density at radius 2 is 2.00 bits per heavy atom. The number of rotatable bonds is 2. The summed E-state index contributed by atoms with van der Waals surface area (Å²) in [7, 11) is 0. The lowest BCUT2D eigenvalue weighted by atomic mass is 10.2. The maximum absolute atomic E-state index is 4.48. The summed E-state index contributed by atoms with van der Waals surface area (Å²) in [6.07, 6.45) is 7.30. The first-order valence-corrected chi connectivity index (χ1v) is 5.72. The van der Waals surface area contributed by atoms with E-state index < -0.39 is 0 Å². The summed E-state index contributed by atoms with van der Waals surface area (Å²) in [5.41, 5.74) is 3.88. The molecular formula is C14H12N4. The Hall–Kier alpha value is -2.49. The maximum atomic E-state index is 4.48. The van der Waals surface area contributed by atoms with Crippen molar-refractivity contribution in [1.29, 1.82) is 0 Å². The zero-order chi connectivity index (χ0) is 12.4. The van der Waals surface area contributed by atoms with E-state index in [1.807, 2.05) is 49.6 Å². The van der Waals surface area contributed by atoms with E-state index in [1.54, 1.807) is 17.1 Å². The first-order chi connectivity index (χ1) is 8.83. The molecule has 0 aromatic carbocycles. The molecule has 0 bridgehead atoms. The number of hydrogen-bond donors (Lipinski definition) is 0. The molecule has 3 aromatic rings. The van der Waals surface area contributed by atoms with Gasteiger partial charge >= 0.3 is 0 Å². The van der Waals surface area contributed by atoms with Crippen molar-refractivity contribution >= 4 is 0 Å². The minimum Gasteiger partial charge on any atom is -0.262 e. The predicted octanol–water partition coefficient (Wildman–Crippen LogP) is 2.64. The van der Waals surface area contributed by atoms with E-state index in [9.17, 15) is 0 Å². The van der Waals surface area contributed by atoms with Gasteiger partial charge in [-0.1, -0.05) is 6.07 Å². The Morgan fingerprint density at radius 1 is 1.06 bits per heavy atom. The van der Waals surface area contributed by atoms with E-state index in [0.29, 0.717) is 0 Å². The Kier molecular flexibility index (Phi) is 2.61. The van der Waals surface area contributed by atoms with Crippen LogP contribution in [-0.4, -0.2) is 19.7 Å². The molecule has 18 heavy (non-hydrogen) atoms. The van der Waals surface area contributed by atoms with Gasteiger partial charge in [0.2, 0.25) is 0 Å². The molecule has 3 heterocycles. The lowest BCUT2D eigenvalue weighted by molar-refractivity contribution is 0.874. The average molecular weight is 236 g/mol. The molecule has 0 fully saturated rings. The molecule has 3 rings (SSSR count). The molecular weight excluding hydrogens is 224 g/mol. The first-order valence-electron chi connectivity index (χ1n) is 5.72. The number of aromatic nitrogens is 4. The van der Waals surface area contributed by atoms with Gasteiger partial charge in [-0.25, -0.2) is 4.68 Å². The Balaban J connectivity index is 2.00. The van der Waals surface area contributed by atoms with E-state index in [1.165, 1.54) is 0 Å². The van der Waals surface area contributed by atoms with Gasteiger partial charge in [-0.15, -0.1) is 0 Å². The average Bonchev–Trinajstić information content (AvgIpc) is 2.89. The predicted molar refractivity (Wildman–Crippen MR) is 69.3 cm³/mol. The Morgan fingerprint density at radius 3 is 2.78 bits per heavy atom. The number of pyridine rings is 2. The molecule has 0 radical (unpaired) electrons. The van der Waals surface area contributed by atoms with Crippen molar-refractivity contribution in [3.8, 4) is 16.9 Å². The highest BCUT2D eigenvalue weighted by Crippen LogP contribution is 2.17. The summed E-state index contributed by atoms with van der Waals surface area (Å²) in [5.74, 6) is 0. The van der Waals surface area contributed by atoms with Crippen molar-refractivity contribution in [2.45, 2.75) is 6.92 Å². The molecule has 0 aliphatic rings. The van der Waals surface area contributed by atoms with Crippen LogP contribution in [0.1, 0.15) is 5.69 Å². The van der Waals surface area contributed by atoms with Crippen molar-refractivity contribution in [1.82, 2.24) is 19.7 Å². The molecule has 0 spiro atoms. The minimum atomic E-state index is 0.935. The van der Waals surface area contributed by atoms with Gasteiger partial charge in [0, 0.05) is 23.7 Å². The highest BCUT2D eigenvalue weighted by atomic mass is 15.3. The third-order valence-electron chi connectivity index (χ3n) is 2.68.